The third-order valence-corrected chi connectivity index (χ3v) is 0.0797. The van der Waals surface area contributed by atoms with Crippen molar-refractivity contribution in [1.82, 2.24) is 0 Å². The van der Waals surface area contributed by atoms with Gasteiger partial charge in [-0.3, -0.25) is 0 Å². The van der Waals surface area contributed by atoms with Crippen LogP contribution < -0.4 is 0 Å². The van der Waals surface area contributed by atoms with Gasteiger partial charge in [-0.15, -0.1) is 0 Å². The maximum absolute atomic E-state index is 10.1. The molecule has 0 fully saturated rings. The van der Waals surface area contributed by atoms with Gasteiger partial charge in [0.05, 0.1) is 0 Å². The molecule has 0 atom stereocenters. The molecule has 0 aromatic rings. The summed E-state index contributed by atoms with van der Waals surface area (Å²) in [6, 6.07) is 0. The number of halogens is 1. The van der Waals surface area contributed by atoms with E-state index < -0.39 is 7.32 Å². The second kappa shape index (κ2) is 6.68. The van der Waals surface area contributed by atoms with Crippen LogP contribution in [-0.2, 0) is 4.86 Å². The minimum atomic E-state index is -2.28. The van der Waals surface area contributed by atoms with Crippen molar-refractivity contribution in [2.75, 3.05) is 0 Å². The van der Waals surface area contributed by atoms with Gasteiger partial charge in [-0.05, 0) is 0 Å². The maximum atomic E-state index is 10.1. The van der Waals surface area contributed by atoms with E-state index in [1.807, 2.05) is 0 Å². The van der Waals surface area contributed by atoms with Crippen LogP contribution in [0.5, 0.6) is 0 Å². The average molecular weight is 166 g/mol. The van der Waals surface area contributed by atoms with Crippen LogP contribution in [0.2, 0.25) is 0 Å². The Hall–Kier alpha value is 1.68. The van der Waals surface area contributed by atoms with Gasteiger partial charge in [0.25, 0.3) is 0 Å². The van der Waals surface area contributed by atoms with Crippen LogP contribution in [0.4, 0.5) is 4.53 Å². The molecule has 0 aliphatic heterocycles. The van der Waals surface area contributed by atoms with Gasteiger partial charge < -0.3 is 10.0 Å². The summed E-state index contributed by atoms with van der Waals surface area (Å²) in [5, 5.41) is 14.6. The Balaban J connectivity index is 0. The Morgan fingerprint density at radius 3 is 1.67 bits per heavy atom. The Bertz CT molecular complexity index is 24.8. The van der Waals surface area contributed by atoms with Gasteiger partial charge in [0.15, 0.2) is 0 Å². The molecule has 0 saturated carbocycles. The zero-order chi connectivity index (χ0) is 4.28. The Morgan fingerprint density at radius 1 is 1.50 bits per heavy atom. The first-order valence-electron chi connectivity index (χ1n) is 0.906. The third-order valence-electron chi connectivity index (χ3n) is 0.0797. The van der Waals surface area contributed by atoms with Gasteiger partial charge in [0, 0.05) is 0 Å². The number of hydrogen-bond donors (Lipinski definition) is 2. The summed E-state index contributed by atoms with van der Waals surface area (Å²) in [6.07, 6.45) is 0. The van der Waals surface area contributed by atoms with Crippen molar-refractivity contribution >= 4 is 65.5 Å². The van der Waals surface area contributed by atoms with Crippen LogP contribution in [0.1, 0.15) is 0 Å². The van der Waals surface area contributed by atoms with Gasteiger partial charge in [-0.1, -0.05) is 4.53 Å². The van der Waals surface area contributed by atoms with E-state index in [-0.39, 0.29) is 58.2 Å². The molecule has 3 nitrogen and oxygen atoms in total. The van der Waals surface area contributed by atoms with E-state index >= 15 is 0 Å². The van der Waals surface area contributed by atoms with Gasteiger partial charge >= 0.3 is 65.5 Å². The summed E-state index contributed by atoms with van der Waals surface area (Å²) in [5.41, 5.74) is 0. The molecular formula is H3BFO3Rb. The van der Waals surface area contributed by atoms with Crippen LogP contribution in [-0.4, -0.2) is 75.6 Å². The fraction of sp³-hybridized carbons (Fsp3) is 0. The zero-order valence-corrected chi connectivity index (χ0v) is 2.26. The molecule has 6 heteroatoms. The van der Waals surface area contributed by atoms with E-state index in [9.17, 15) is 4.53 Å². The van der Waals surface area contributed by atoms with Gasteiger partial charge in [0.2, 0.25) is 0 Å². The predicted octanol–water partition coefficient (Wildman–Crippen LogP) is -1.79. The predicted molar refractivity (Wildman–Crippen MR) is 19.5 cm³/mol. The number of hydrogen-bond acceptors (Lipinski definition) is 3. The Morgan fingerprint density at radius 2 is 1.67 bits per heavy atom. The summed E-state index contributed by atoms with van der Waals surface area (Å²) in [4.78, 5) is 2.36. The van der Waals surface area contributed by atoms with Gasteiger partial charge in [-0.25, -0.2) is 0 Å². The van der Waals surface area contributed by atoms with Crippen molar-refractivity contribution in [2.24, 2.45) is 0 Å². The molecular weight excluding hydrogens is 163 g/mol. The molecule has 0 aliphatic carbocycles. The standard InChI is InChI=1S/BFH2O3.Rb.H/c2-5-1(3)4;;/h3-4H;;. The molecule has 0 rings (SSSR count). The molecule has 2 N–H and O–H groups in total. The van der Waals surface area contributed by atoms with Crippen molar-refractivity contribution in [3.63, 3.8) is 0 Å². The van der Waals surface area contributed by atoms with Crippen LogP contribution in [0.3, 0.4) is 0 Å². The molecule has 0 aliphatic rings. The summed E-state index contributed by atoms with van der Waals surface area (Å²) in [7, 11) is -2.28. The third kappa shape index (κ3) is 9.19. The van der Waals surface area contributed by atoms with Gasteiger partial charge in [-0.2, -0.15) is 4.86 Å². The van der Waals surface area contributed by atoms with Crippen molar-refractivity contribution in [1.29, 1.82) is 0 Å². The topological polar surface area (TPSA) is 49.7 Å². The molecule has 0 radical (unpaired) electrons. The second-order valence-corrected chi connectivity index (χ2v) is 0.415. The normalized spacial score (nSPS) is 6.50. The first kappa shape index (κ1) is 10.6. The average Bonchev–Trinajstić information content (AvgIpc) is 1.38. The Kier molecular flexibility index (Phi) is 11.8. The molecule has 32 valence electrons. The van der Waals surface area contributed by atoms with Crippen LogP contribution >= 0.6 is 0 Å². The first-order chi connectivity index (χ1) is 2.27. The molecule has 0 saturated heterocycles. The first-order valence-corrected chi connectivity index (χ1v) is 0.906. The Labute approximate surface area is 83.4 Å². The summed E-state index contributed by atoms with van der Waals surface area (Å²) in [6.45, 7) is 0. The molecule has 0 spiro atoms. The van der Waals surface area contributed by atoms with E-state index in [0.29, 0.717) is 0 Å². The van der Waals surface area contributed by atoms with E-state index in [4.69, 9.17) is 10.0 Å². The fourth-order valence-electron chi connectivity index (χ4n) is 0. The molecule has 6 heavy (non-hydrogen) atoms. The van der Waals surface area contributed by atoms with E-state index in [1.165, 1.54) is 0 Å². The van der Waals surface area contributed by atoms with Crippen molar-refractivity contribution < 1.29 is 19.4 Å². The molecule has 0 aromatic carbocycles. The van der Waals surface area contributed by atoms with Crippen molar-refractivity contribution in [3.8, 4) is 0 Å². The quantitative estimate of drug-likeness (QED) is 0.452. The van der Waals surface area contributed by atoms with Gasteiger partial charge in [0.1, 0.15) is 0 Å². The monoisotopic (exact) mass is 166 g/mol. The van der Waals surface area contributed by atoms with Crippen LogP contribution in [0, 0.1) is 0 Å². The van der Waals surface area contributed by atoms with E-state index in [0.717, 1.165) is 0 Å². The molecule has 0 amide bonds. The summed E-state index contributed by atoms with van der Waals surface area (Å²) < 4.78 is 10.1. The zero-order valence-electron chi connectivity index (χ0n) is 2.26. The van der Waals surface area contributed by atoms with Crippen molar-refractivity contribution in [3.05, 3.63) is 0 Å². The molecule has 0 heterocycles. The van der Waals surface area contributed by atoms with E-state index in [2.05, 4.69) is 4.86 Å². The number of rotatable bonds is 1. The van der Waals surface area contributed by atoms with E-state index in [1.54, 1.807) is 0 Å². The molecule has 0 aromatic heterocycles. The fourth-order valence-corrected chi connectivity index (χ4v) is 0. The summed E-state index contributed by atoms with van der Waals surface area (Å²) in [5.74, 6) is 0. The van der Waals surface area contributed by atoms with Crippen molar-refractivity contribution in [2.45, 2.75) is 0 Å². The SMILES string of the molecule is OB(O)OF.[RbH]. The molecule has 0 unspecified atom stereocenters. The van der Waals surface area contributed by atoms with Crippen LogP contribution in [0.15, 0.2) is 0 Å². The molecule has 0 bridgehead atoms. The second-order valence-electron chi connectivity index (χ2n) is 0.415. The summed E-state index contributed by atoms with van der Waals surface area (Å²) >= 11 is 0. The minimum absolute atomic E-state index is 0. The van der Waals surface area contributed by atoms with Crippen LogP contribution in [0.25, 0.3) is 0 Å².